The summed E-state index contributed by atoms with van der Waals surface area (Å²) in [5, 5.41) is 0.756. The van der Waals surface area contributed by atoms with Crippen LogP contribution in [0.25, 0.3) is 0 Å². The van der Waals surface area contributed by atoms with Crippen LogP contribution in [0.2, 0.25) is 5.02 Å². The zero-order valence-corrected chi connectivity index (χ0v) is 13.1. The monoisotopic (exact) mass is 303 g/mol. The Morgan fingerprint density at radius 1 is 1.05 bits per heavy atom. The van der Waals surface area contributed by atoms with Crippen LogP contribution in [-0.2, 0) is 6.42 Å². The van der Waals surface area contributed by atoms with Gasteiger partial charge in [0.25, 0.3) is 0 Å². The normalized spacial score (nSPS) is 12.1. The molecule has 1 unspecified atom stereocenters. The second-order valence-corrected chi connectivity index (χ2v) is 5.62. The van der Waals surface area contributed by atoms with Gasteiger partial charge in [-0.1, -0.05) is 42.8 Å². The van der Waals surface area contributed by atoms with E-state index in [1.54, 1.807) is 0 Å². The van der Waals surface area contributed by atoms with Crippen molar-refractivity contribution in [3.05, 3.63) is 64.7 Å². The molecule has 21 heavy (non-hydrogen) atoms. The van der Waals surface area contributed by atoms with Crippen molar-refractivity contribution < 1.29 is 4.74 Å². The molecule has 0 aliphatic heterocycles. The number of ether oxygens (including phenoxy) is 1. The zero-order valence-electron chi connectivity index (χ0n) is 12.4. The van der Waals surface area contributed by atoms with Crippen LogP contribution in [-0.4, -0.2) is 13.2 Å². The number of hydrogen-bond acceptors (Lipinski definition) is 2. The third kappa shape index (κ3) is 4.76. The minimum Gasteiger partial charge on any atom is -0.494 e. The van der Waals surface area contributed by atoms with Gasteiger partial charge in [0, 0.05) is 10.9 Å². The predicted octanol–water partition coefficient (Wildman–Crippen LogP) is 4.41. The van der Waals surface area contributed by atoms with Gasteiger partial charge in [0.2, 0.25) is 0 Å². The van der Waals surface area contributed by atoms with Crippen molar-refractivity contribution in [3.8, 4) is 5.75 Å². The van der Waals surface area contributed by atoms with E-state index >= 15 is 0 Å². The highest BCUT2D eigenvalue weighted by Gasteiger charge is 2.10. The summed E-state index contributed by atoms with van der Waals surface area (Å²) in [4.78, 5) is 0. The lowest BCUT2D eigenvalue weighted by Crippen LogP contribution is -2.15. The molecular weight excluding hydrogens is 282 g/mol. The molecule has 2 aromatic rings. The van der Waals surface area contributed by atoms with Gasteiger partial charge < -0.3 is 10.5 Å². The minimum absolute atomic E-state index is 0.310. The molecule has 2 nitrogen and oxygen atoms in total. The molecule has 2 N–H and O–H groups in total. The van der Waals surface area contributed by atoms with E-state index in [0.29, 0.717) is 12.5 Å². The van der Waals surface area contributed by atoms with Gasteiger partial charge in [-0.15, -0.1) is 0 Å². The molecule has 2 aromatic carbocycles. The first kappa shape index (κ1) is 15.9. The number of nitrogens with two attached hydrogens (primary N) is 1. The quantitative estimate of drug-likeness (QED) is 0.822. The van der Waals surface area contributed by atoms with E-state index in [2.05, 4.69) is 31.2 Å². The van der Waals surface area contributed by atoms with Crippen molar-refractivity contribution in [2.75, 3.05) is 13.2 Å². The Morgan fingerprint density at radius 3 is 2.29 bits per heavy atom. The van der Waals surface area contributed by atoms with Crippen molar-refractivity contribution in [1.82, 2.24) is 0 Å². The van der Waals surface area contributed by atoms with Crippen LogP contribution in [0.15, 0.2) is 48.5 Å². The first-order chi connectivity index (χ1) is 10.2. The maximum Gasteiger partial charge on any atom is 0.119 e. The molecule has 0 aromatic heterocycles. The van der Waals surface area contributed by atoms with Gasteiger partial charge in [-0.2, -0.15) is 0 Å². The number of halogens is 1. The maximum absolute atomic E-state index is 5.93. The second kappa shape index (κ2) is 8.06. The molecule has 0 fully saturated rings. The van der Waals surface area contributed by atoms with E-state index < -0.39 is 0 Å². The Bertz CT molecular complexity index is 536. The summed E-state index contributed by atoms with van der Waals surface area (Å²) >= 11 is 5.93. The predicted molar refractivity (Wildman–Crippen MR) is 89.2 cm³/mol. The van der Waals surface area contributed by atoms with Crippen LogP contribution >= 0.6 is 11.6 Å². The summed E-state index contributed by atoms with van der Waals surface area (Å²) in [7, 11) is 0. The summed E-state index contributed by atoms with van der Waals surface area (Å²) in [5.74, 6) is 1.24. The molecule has 1 atom stereocenters. The average Bonchev–Trinajstić information content (AvgIpc) is 2.53. The van der Waals surface area contributed by atoms with E-state index in [1.165, 1.54) is 11.1 Å². The van der Waals surface area contributed by atoms with Gasteiger partial charge in [-0.25, -0.2) is 0 Å². The number of rotatable bonds is 7. The Hall–Kier alpha value is -1.51. The molecular formula is C18H22ClNO. The fraction of sp³-hybridized carbons (Fsp3) is 0.333. The molecule has 0 saturated heterocycles. The van der Waals surface area contributed by atoms with Crippen molar-refractivity contribution >= 4 is 11.6 Å². The Kier molecular flexibility index (Phi) is 6.09. The summed E-state index contributed by atoms with van der Waals surface area (Å²) in [6.07, 6.45) is 1.94. The van der Waals surface area contributed by atoms with Crippen molar-refractivity contribution in [3.63, 3.8) is 0 Å². The summed E-state index contributed by atoms with van der Waals surface area (Å²) < 4.78 is 5.60. The SMILES string of the molecule is CCCOc1ccc(CC(CN)c2ccc(Cl)cc2)cc1. The molecule has 0 spiro atoms. The van der Waals surface area contributed by atoms with Gasteiger partial charge in [-0.05, 0) is 54.8 Å². The smallest absolute Gasteiger partial charge is 0.119 e. The van der Waals surface area contributed by atoms with Crippen LogP contribution in [0, 0.1) is 0 Å². The van der Waals surface area contributed by atoms with Gasteiger partial charge in [0.1, 0.15) is 5.75 Å². The lowest BCUT2D eigenvalue weighted by atomic mass is 9.92. The molecule has 112 valence electrons. The lowest BCUT2D eigenvalue weighted by Gasteiger charge is -2.16. The largest absolute Gasteiger partial charge is 0.494 e. The van der Waals surface area contributed by atoms with Crippen LogP contribution in [0.5, 0.6) is 5.75 Å². The van der Waals surface area contributed by atoms with Crippen LogP contribution in [0.3, 0.4) is 0 Å². The second-order valence-electron chi connectivity index (χ2n) is 5.18. The average molecular weight is 304 g/mol. The highest BCUT2D eigenvalue weighted by molar-refractivity contribution is 6.30. The molecule has 0 bridgehead atoms. The molecule has 0 radical (unpaired) electrons. The maximum atomic E-state index is 5.93. The van der Waals surface area contributed by atoms with Crippen LogP contribution in [0.4, 0.5) is 0 Å². The van der Waals surface area contributed by atoms with Crippen molar-refractivity contribution in [2.45, 2.75) is 25.7 Å². The van der Waals surface area contributed by atoms with Gasteiger partial charge in [-0.3, -0.25) is 0 Å². The zero-order chi connectivity index (χ0) is 15.1. The highest BCUT2D eigenvalue weighted by Crippen LogP contribution is 2.23. The molecule has 3 heteroatoms. The van der Waals surface area contributed by atoms with Gasteiger partial charge in [0.05, 0.1) is 6.61 Å². The molecule has 0 aliphatic rings. The summed E-state index contributed by atoms with van der Waals surface area (Å²) in [6.45, 7) is 3.48. The molecule has 0 saturated carbocycles. The van der Waals surface area contributed by atoms with E-state index in [4.69, 9.17) is 22.1 Å². The van der Waals surface area contributed by atoms with E-state index in [1.807, 2.05) is 24.3 Å². The third-order valence-electron chi connectivity index (χ3n) is 3.50. The lowest BCUT2D eigenvalue weighted by molar-refractivity contribution is 0.317. The number of hydrogen-bond donors (Lipinski definition) is 1. The Morgan fingerprint density at radius 2 is 1.71 bits per heavy atom. The van der Waals surface area contributed by atoms with E-state index in [0.717, 1.165) is 30.2 Å². The van der Waals surface area contributed by atoms with Crippen LogP contribution < -0.4 is 10.5 Å². The summed E-state index contributed by atoms with van der Waals surface area (Å²) in [5.41, 5.74) is 8.43. The van der Waals surface area contributed by atoms with Gasteiger partial charge in [0.15, 0.2) is 0 Å². The van der Waals surface area contributed by atoms with Gasteiger partial charge >= 0.3 is 0 Å². The number of benzene rings is 2. The fourth-order valence-electron chi connectivity index (χ4n) is 2.30. The Balaban J connectivity index is 2.02. The Labute approximate surface area is 131 Å². The molecule has 0 aliphatic carbocycles. The minimum atomic E-state index is 0.310. The van der Waals surface area contributed by atoms with Crippen molar-refractivity contribution in [1.29, 1.82) is 0 Å². The van der Waals surface area contributed by atoms with E-state index in [-0.39, 0.29) is 0 Å². The third-order valence-corrected chi connectivity index (χ3v) is 3.76. The fourth-order valence-corrected chi connectivity index (χ4v) is 2.42. The summed E-state index contributed by atoms with van der Waals surface area (Å²) in [6, 6.07) is 16.2. The molecule has 0 heterocycles. The van der Waals surface area contributed by atoms with Crippen LogP contribution in [0.1, 0.15) is 30.4 Å². The highest BCUT2D eigenvalue weighted by atomic mass is 35.5. The first-order valence-electron chi connectivity index (χ1n) is 7.40. The molecule has 2 rings (SSSR count). The van der Waals surface area contributed by atoms with E-state index in [9.17, 15) is 0 Å². The standard InChI is InChI=1S/C18H22ClNO/c1-2-11-21-18-9-3-14(4-10-18)12-16(13-20)15-5-7-17(19)8-6-15/h3-10,16H,2,11-13,20H2,1H3. The topological polar surface area (TPSA) is 35.2 Å². The van der Waals surface area contributed by atoms with Crippen molar-refractivity contribution in [2.24, 2.45) is 5.73 Å². The first-order valence-corrected chi connectivity index (χ1v) is 7.78. The molecule has 0 amide bonds.